The van der Waals surface area contributed by atoms with E-state index in [1.807, 2.05) is 56.9 Å². The number of aromatic nitrogens is 1. The molecule has 1 aliphatic rings. The Bertz CT molecular complexity index is 1560. The van der Waals surface area contributed by atoms with E-state index in [1.54, 1.807) is 4.90 Å². The Labute approximate surface area is 288 Å². The lowest BCUT2D eigenvalue weighted by atomic mass is 9.87. The number of aromatic amines is 1. The highest BCUT2D eigenvalue weighted by Crippen LogP contribution is 2.43. The maximum absolute atomic E-state index is 16.0. The number of nitrogens with zero attached hydrogens (tertiary/aromatic N) is 2. The number of fused-ring (bicyclic) bond motifs is 3. The molecular weight excluding hydrogens is 635 g/mol. The minimum atomic E-state index is -1.59. The molecule has 11 heteroatoms. The van der Waals surface area contributed by atoms with Gasteiger partial charge in [0.25, 0.3) is 0 Å². The van der Waals surface area contributed by atoms with Gasteiger partial charge in [0.05, 0.1) is 19.8 Å². The fraction of sp³-hybridized carbons (Fsp3) is 0.579. The molecule has 0 saturated carbocycles. The van der Waals surface area contributed by atoms with Crippen molar-refractivity contribution in [3.8, 4) is 5.75 Å². The van der Waals surface area contributed by atoms with E-state index in [4.69, 9.17) is 9.47 Å². The third-order valence-corrected chi connectivity index (χ3v) is 8.68. The molecule has 1 aromatic heterocycles. The molecule has 1 N–H and O–H groups in total. The molecule has 8 nitrogen and oxygen atoms in total. The number of ether oxygens (including phenoxy) is 3. The first-order valence-electron chi connectivity index (χ1n) is 17.3. The predicted octanol–water partition coefficient (Wildman–Crippen LogP) is 8.66. The van der Waals surface area contributed by atoms with Crippen molar-refractivity contribution in [1.29, 1.82) is 0 Å². The van der Waals surface area contributed by atoms with Crippen LogP contribution in [-0.2, 0) is 20.7 Å². The maximum atomic E-state index is 16.0. The standard InChI is InChI=1S/C38H52F3N3O5/c1-25-21-28-27-15-10-11-16-31(27)42-34(28)35(44(25)24-38(5,6)41)33-29(39)22-26(23-30(33)40)48-20-14-13-19-43(36(46)49-37(2,3)4)18-12-8-9-17-32(45)47-7/h10-11,15-16,22-23,25,35,42H,8-9,12-14,17-21,24H2,1-7H3/t25-,35-/m1/s1. The summed E-state index contributed by atoms with van der Waals surface area (Å²) in [6.07, 6.45) is 3.79. The fourth-order valence-electron chi connectivity index (χ4n) is 6.47. The fourth-order valence-corrected chi connectivity index (χ4v) is 6.47. The highest BCUT2D eigenvalue weighted by atomic mass is 19.1. The summed E-state index contributed by atoms with van der Waals surface area (Å²) in [6.45, 7) is 11.4. The van der Waals surface area contributed by atoms with Gasteiger partial charge in [-0.1, -0.05) is 24.6 Å². The van der Waals surface area contributed by atoms with Crippen LogP contribution in [0.1, 0.15) is 103 Å². The van der Waals surface area contributed by atoms with E-state index < -0.39 is 35.0 Å². The highest BCUT2D eigenvalue weighted by Gasteiger charge is 2.41. The van der Waals surface area contributed by atoms with Gasteiger partial charge >= 0.3 is 12.1 Å². The van der Waals surface area contributed by atoms with Crippen LogP contribution < -0.4 is 4.74 Å². The summed E-state index contributed by atoms with van der Waals surface area (Å²) in [5.74, 6) is -1.72. The molecule has 1 amide bonds. The molecule has 0 bridgehead atoms. The van der Waals surface area contributed by atoms with Crippen LogP contribution in [0.25, 0.3) is 10.9 Å². The molecule has 0 fully saturated rings. The second kappa shape index (κ2) is 16.3. The minimum Gasteiger partial charge on any atom is -0.493 e. The number of methoxy groups -OCH3 is 1. The minimum absolute atomic E-state index is 0.00141. The summed E-state index contributed by atoms with van der Waals surface area (Å²) >= 11 is 0. The monoisotopic (exact) mass is 687 g/mol. The lowest BCUT2D eigenvalue weighted by Gasteiger charge is -2.43. The lowest BCUT2D eigenvalue weighted by Crippen LogP contribution is -2.48. The van der Waals surface area contributed by atoms with Crippen molar-refractivity contribution in [1.82, 2.24) is 14.8 Å². The third kappa shape index (κ3) is 10.4. The Balaban J connectivity index is 1.43. The van der Waals surface area contributed by atoms with Crippen molar-refractivity contribution >= 4 is 23.0 Å². The van der Waals surface area contributed by atoms with E-state index >= 15 is 13.2 Å². The van der Waals surface area contributed by atoms with Gasteiger partial charge in [0.2, 0.25) is 0 Å². The number of H-pyrrole nitrogens is 1. The largest absolute Gasteiger partial charge is 0.493 e. The Morgan fingerprint density at radius 2 is 1.63 bits per heavy atom. The van der Waals surface area contributed by atoms with E-state index in [9.17, 15) is 9.59 Å². The summed E-state index contributed by atoms with van der Waals surface area (Å²) in [5.41, 5.74) is 0.158. The molecule has 2 heterocycles. The summed E-state index contributed by atoms with van der Waals surface area (Å²) in [4.78, 5) is 31.1. The van der Waals surface area contributed by atoms with Crippen LogP contribution in [0.3, 0.4) is 0 Å². The summed E-state index contributed by atoms with van der Waals surface area (Å²) in [7, 11) is 1.36. The molecule has 0 unspecified atom stereocenters. The summed E-state index contributed by atoms with van der Waals surface area (Å²) in [6, 6.07) is 9.14. The van der Waals surface area contributed by atoms with Crippen LogP contribution in [0.5, 0.6) is 5.75 Å². The number of benzene rings is 2. The van der Waals surface area contributed by atoms with Crippen molar-refractivity contribution < 1.29 is 37.0 Å². The average Bonchev–Trinajstić information content (AvgIpc) is 3.37. The van der Waals surface area contributed by atoms with Gasteiger partial charge in [0.1, 0.15) is 28.7 Å². The first kappa shape index (κ1) is 38.1. The Morgan fingerprint density at radius 3 is 2.27 bits per heavy atom. The normalized spacial score (nSPS) is 16.8. The molecule has 49 heavy (non-hydrogen) atoms. The zero-order valence-electron chi connectivity index (χ0n) is 30.0. The summed E-state index contributed by atoms with van der Waals surface area (Å²) < 4.78 is 63.1. The van der Waals surface area contributed by atoms with Gasteiger partial charge in [0, 0.05) is 66.4 Å². The van der Waals surface area contributed by atoms with Gasteiger partial charge in [-0.2, -0.15) is 0 Å². The van der Waals surface area contributed by atoms with E-state index in [2.05, 4.69) is 9.72 Å². The van der Waals surface area contributed by atoms with Crippen LogP contribution in [0.15, 0.2) is 36.4 Å². The second-order valence-corrected chi connectivity index (χ2v) is 14.6. The molecule has 0 saturated heterocycles. The van der Waals surface area contributed by atoms with E-state index in [1.165, 1.54) is 33.1 Å². The topological polar surface area (TPSA) is 84.1 Å². The molecular formula is C38H52F3N3O5. The molecule has 2 aromatic carbocycles. The van der Waals surface area contributed by atoms with Crippen molar-refractivity contribution in [3.63, 3.8) is 0 Å². The first-order chi connectivity index (χ1) is 23.1. The number of rotatable bonds is 15. The van der Waals surface area contributed by atoms with Crippen molar-refractivity contribution in [2.24, 2.45) is 0 Å². The van der Waals surface area contributed by atoms with Gasteiger partial charge in [-0.15, -0.1) is 0 Å². The number of carbonyl (C=O) groups is 2. The molecule has 3 aromatic rings. The van der Waals surface area contributed by atoms with E-state index in [-0.39, 0.29) is 36.5 Å². The maximum Gasteiger partial charge on any atom is 0.410 e. The van der Waals surface area contributed by atoms with Crippen molar-refractivity contribution in [2.45, 2.75) is 110 Å². The first-order valence-corrected chi connectivity index (χ1v) is 17.3. The van der Waals surface area contributed by atoms with Gasteiger partial charge in [0.15, 0.2) is 0 Å². The Kier molecular flexibility index (Phi) is 12.7. The van der Waals surface area contributed by atoms with Gasteiger partial charge in [-0.3, -0.25) is 9.69 Å². The van der Waals surface area contributed by atoms with E-state index in [0.29, 0.717) is 57.3 Å². The zero-order valence-corrected chi connectivity index (χ0v) is 30.0. The van der Waals surface area contributed by atoms with Gasteiger partial charge in [-0.25, -0.2) is 18.0 Å². The molecule has 2 atom stereocenters. The number of para-hydroxylation sites is 1. The highest BCUT2D eigenvalue weighted by molar-refractivity contribution is 5.85. The number of halogens is 3. The zero-order chi connectivity index (χ0) is 35.9. The van der Waals surface area contributed by atoms with Crippen molar-refractivity contribution in [3.05, 3.63) is 64.9 Å². The Hall–Kier alpha value is -3.73. The van der Waals surface area contributed by atoms with Crippen molar-refractivity contribution in [2.75, 3.05) is 33.4 Å². The van der Waals surface area contributed by atoms with Crippen LogP contribution in [0.2, 0.25) is 0 Å². The van der Waals surface area contributed by atoms with Crippen LogP contribution in [0, 0.1) is 11.6 Å². The second-order valence-electron chi connectivity index (χ2n) is 14.6. The molecule has 4 rings (SSSR count). The SMILES string of the molecule is COC(=O)CCCCCN(CCCCOc1cc(F)c([C@@H]2c3[nH]c4ccccc4c3C[C@@H](C)N2CC(C)(C)F)c(F)c1)C(=O)OC(C)(C)C. The smallest absolute Gasteiger partial charge is 0.410 e. The van der Waals surface area contributed by atoms with Gasteiger partial charge in [-0.05, 0) is 85.3 Å². The number of unbranched alkanes of at least 4 members (excludes halogenated alkanes) is 3. The Morgan fingerprint density at radius 1 is 0.980 bits per heavy atom. The molecule has 0 spiro atoms. The van der Waals surface area contributed by atoms with Gasteiger partial charge < -0.3 is 24.1 Å². The lowest BCUT2D eigenvalue weighted by molar-refractivity contribution is -0.140. The number of hydrogen-bond acceptors (Lipinski definition) is 6. The summed E-state index contributed by atoms with van der Waals surface area (Å²) in [5, 5.41) is 0.998. The third-order valence-electron chi connectivity index (χ3n) is 8.68. The number of esters is 1. The van der Waals surface area contributed by atoms with Crippen LogP contribution >= 0.6 is 0 Å². The molecule has 0 radical (unpaired) electrons. The quantitative estimate of drug-likeness (QED) is 0.127. The number of amides is 1. The molecule has 0 aliphatic carbocycles. The molecule has 1 aliphatic heterocycles. The number of carbonyl (C=O) groups excluding carboxylic acids is 2. The van der Waals surface area contributed by atoms with Crippen LogP contribution in [0.4, 0.5) is 18.0 Å². The predicted molar refractivity (Wildman–Crippen MR) is 185 cm³/mol. The molecule has 270 valence electrons. The number of alkyl halides is 1. The number of hydrogen-bond donors (Lipinski definition) is 1. The van der Waals surface area contributed by atoms with E-state index in [0.717, 1.165) is 22.9 Å². The average molecular weight is 688 g/mol. The van der Waals surface area contributed by atoms with Crippen LogP contribution in [-0.4, -0.2) is 77.5 Å². The number of nitrogens with one attached hydrogen (secondary N) is 1.